The van der Waals surface area contributed by atoms with Crippen molar-refractivity contribution in [2.24, 2.45) is 5.10 Å². The summed E-state index contributed by atoms with van der Waals surface area (Å²) in [4.78, 5) is 22.0. The van der Waals surface area contributed by atoms with Gasteiger partial charge in [0.1, 0.15) is 5.75 Å². The van der Waals surface area contributed by atoms with Gasteiger partial charge in [-0.2, -0.15) is 5.10 Å². The molecule has 2 rings (SSSR count). The molecule has 2 N–H and O–H groups in total. The number of carbonyl (C=O) groups is 1. The third-order valence-corrected chi connectivity index (χ3v) is 3.27. The van der Waals surface area contributed by atoms with Gasteiger partial charge in [0.05, 0.1) is 24.3 Å². The van der Waals surface area contributed by atoms with Crippen LogP contribution >= 0.6 is 0 Å². The van der Waals surface area contributed by atoms with Crippen LogP contribution in [0.4, 0.5) is 11.4 Å². The number of rotatable bonds is 8. The lowest BCUT2D eigenvalue weighted by molar-refractivity contribution is -0.384. The number of nitro groups is 1. The molecule has 0 atom stereocenters. The number of hydrazone groups is 1. The number of allylic oxidation sites excluding steroid dienone is 1. The first-order valence-electron chi connectivity index (χ1n) is 7.70. The van der Waals surface area contributed by atoms with Gasteiger partial charge in [0.25, 0.3) is 11.6 Å². The SMILES string of the molecule is COc1ccccc1NCC(=O)N/N=C\C=C\c1cccc([N+](=O)[O-])c1. The van der Waals surface area contributed by atoms with Gasteiger partial charge in [0.15, 0.2) is 0 Å². The summed E-state index contributed by atoms with van der Waals surface area (Å²) in [6, 6.07) is 13.4. The number of hydrogen-bond donors (Lipinski definition) is 2. The minimum Gasteiger partial charge on any atom is -0.495 e. The lowest BCUT2D eigenvalue weighted by Gasteiger charge is -2.09. The third kappa shape index (κ3) is 5.75. The molecule has 0 unspecified atom stereocenters. The molecule has 26 heavy (non-hydrogen) atoms. The van der Waals surface area contributed by atoms with Gasteiger partial charge in [-0.3, -0.25) is 14.9 Å². The molecule has 2 aromatic rings. The van der Waals surface area contributed by atoms with Crippen LogP contribution in [0, 0.1) is 10.1 Å². The molecule has 0 heterocycles. The van der Waals surface area contributed by atoms with E-state index in [0.29, 0.717) is 17.0 Å². The second-order valence-corrected chi connectivity index (χ2v) is 5.08. The van der Waals surface area contributed by atoms with Crippen LogP contribution in [0.3, 0.4) is 0 Å². The van der Waals surface area contributed by atoms with Crippen molar-refractivity contribution in [1.82, 2.24) is 5.43 Å². The molecule has 2 aromatic carbocycles. The fourth-order valence-corrected chi connectivity index (χ4v) is 2.05. The summed E-state index contributed by atoms with van der Waals surface area (Å²) in [6.07, 6.45) is 4.61. The fourth-order valence-electron chi connectivity index (χ4n) is 2.05. The van der Waals surface area contributed by atoms with Gasteiger partial charge >= 0.3 is 0 Å². The number of nitrogens with zero attached hydrogens (tertiary/aromatic N) is 2. The van der Waals surface area contributed by atoms with Gasteiger partial charge < -0.3 is 10.1 Å². The largest absolute Gasteiger partial charge is 0.495 e. The zero-order valence-electron chi connectivity index (χ0n) is 14.1. The molecule has 0 aliphatic carbocycles. The van der Waals surface area contributed by atoms with E-state index in [9.17, 15) is 14.9 Å². The lowest BCUT2D eigenvalue weighted by Crippen LogP contribution is -2.25. The van der Waals surface area contributed by atoms with Crippen LogP contribution in [0.2, 0.25) is 0 Å². The van der Waals surface area contributed by atoms with E-state index >= 15 is 0 Å². The Morgan fingerprint density at radius 2 is 2.08 bits per heavy atom. The quantitative estimate of drug-likeness (QED) is 0.431. The van der Waals surface area contributed by atoms with Crippen molar-refractivity contribution in [2.75, 3.05) is 19.0 Å². The topological polar surface area (TPSA) is 106 Å². The number of amides is 1. The summed E-state index contributed by atoms with van der Waals surface area (Å²) in [5, 5.41) is 17.4. The minimum absolute atomic E-state index is 0.0137. The Hall–Kier alpha value is -3.68. The molecule has 0 bridgehead atoms. The molecule has 0 spiro atoms. The van der Waals surface area contributed by atoms with Crippen molar-refractivity contribution < 1.29 is 14.5 Å². The Morgan fingerprint density at radius 3 is 2.85 bits per heavy atom. The number of carbonyl (C=O) groups excluding carboxylic acids is 1. The number of ether oxygens (including phenoxy) is 1. The first-order chi connectivity index (χ1) is 12.6. The van der Waals surface area contributed by atoms with Crippen LogP contribution < -0.4 is 15.5 Å². The second-order valence-electron chi connectivity index (χ2n) is 5.08. The lowest BCUT2D eigenvalue weighted by atomic mass is 10.2. The van der Waals surface area contributed by atoms with Crippen LogP contribution in [-0.2, 0) is 4.79 Å². The normalized spacial score (nSPS) is 10.8. The average molecular weight is 354 g/mol. The minimum atomic E-state index is -0.458. The second kappa shape index (κ2) is 9.58. The van der Waals surface area contributed by atoms with Gasteiger partial charge in [0.2, 0.25) is 0 Å². The third-order valence-electron chi connectivity index (χ3n) is 3.27. The first kappa shape index (κ1) is 18.7. The molecule has 1 amide bonds. The van der Waals surface area contributed by atoms with Crippen LogP contribution in [0.15, 0.2) is 59.7 Å². The van der Waals surface area contributed by atoms with Crippen molar-refractivity contribution in [3.05, 3.63) is 70.3 Å². The van der Waals surface area contributed by atoms with Gasteiger partial charge in [-0.05, 0) is 23.8 Å². The molecule has 0 aliphatic rings. The molecule has 134 valence electrons. The summed E-state index contributed by atoms with van der Waals surface area (Å²) < 4.78 is 5.18. The van der Waals surface area contributed by atoms with E-state index in [4.69, 9.17) is 4.74 Å². The van der Waals surface area contributed by atoms with E-state index in [1.165, 1.54) is 18.3 Å². The van der Waals surface area contributed by atoms with Crippen molar-refractivity contribution in [1.29, 1.82) is 0 Å². The van der Waals surface area contributed by atoms with E-state index in [1.807, 2.05) is 12.1 Å². The molecular formula is C18H18N4O4. The Bertz CT molecular complexity index is 833. The summed E-state index contributed by atoms with van der Waals surface area (Å²) in [5.41, 5.74) is 3.76. The summed E-state index contributed by atoms with van der Waals surface area (Å²) in [7, 11) is 1.55. The highest BCUT2D eigenvalue weighted by molar-refractivity contribution is 5.84. The van der Waals surface area contributed by atoms with E-state index < -0.39 is 4.92 Å². The van der Waals surface area contributed by atoms with Crippen LogP contribution in [0.5, 0.6) is 5.75 Å². The number of nitrogens with one attached hydrogen (secondary N) is 2. The predicted octanol–water partition coefficient (Wildman–Crippen LogP) is 2.83. The first-order valence-corrected chi connectivity index (χ1v) is 7.70. The van der Waals surface area contributed by atoms with Crippen molar-refractivity contribution in [2.45, 2.75) is 0 Å². The van der Waals surface area contributed by atoms with Crippen LogP contribution in [0.1, 0.15) is 5.56 Å². The molecule has 0 saturated heterocycles. The summed E-state index contributed by atoms with van der Waals surface area (Å²) in [6.45, 7) is 0.0340. The average Bonchev–Trinajstić information content (AvgIpc) is 2.66. The molecule has 0 saturated carbocycles. The monoisotopic (exact) mass is 354 g/mol. The van der Waals surface area contributed by atoms with Gasteiger partial charge in [-0.25, -0.2) is 5.43 Å². The molecular weight excluding hydrogens is 336 g/mol. The van der Waals surface area contributed by atoms with Crippen molar-refractivity contribution in [3.8, 4) is 5.75 Å². The van der Waals surface area contributed by atoms with Gasteiger partial charge in [0, 0.05) is 18.3 Å². The maximum Gasteiger partial charge on any atom is 0.270 e. The Kier molecular flexibility index (Phi) is 6.87. The predicted molar refractivity (Wildman–Crippen MR) is 100 cm³/mol. The molecule has 0 fully saturated rings. The number of para-hydroxylation sites is 2. The molecule has 8 nitrogen and oxygen atoms in total. The summed E-state index contributed by atoms with van der Waals surface area (Å²) >= 11 is 0. The molecule has 0 aromatic heterocycles. The zero-order chi connectivity index (χ0) is 18.8. The van der Waals surface area contributed by atoms with E-state index in [2.05, 4.69) is 15.8 Å². The number of hydrogen-bond acceptors (Lipinski definition) is 6. The smallest absolute Gasteiger partial charge is 0.270 e. The number of non-ortho nitro benzene ring substituents is 1. The Morgan fingerprint density at radius 1 is 1.27 bits per heavy atom. The number of nitro benzene ring substituents is 1. The summed E-state index contributed by atoms with van der Waals surface area (Å²) in [5.74, 6) is 0.319. The van der Waals surface area contributed by atoms with Crippen molar-refractivity contribution >= 4 is 29.6 Å². The van der Waals surface area contributed by atoms with Gasteiger partial charge in [-0.1, -0.05) is 30.3 Å². The number of benzene rings is 2. The number of methoxy groups -OCH3 is 1. The van der Waals surface area contributed by atoms with Gasteiger partial charge in [-0.15, -0.1) is 0 Å². The van der Waals surface area contributed by atoms with Crippen LogP contribution in [-0.4, -0.2) is 30.7 Å². The van der Waals surface area contributed by atoms with Crippen LogP contribution in [0.25, 0.3) is 6.08 Å². The molecule has 0 radical (unpaired) electrons. The van der Waals surface area contributed by atoms with Crippen molar-refractivity contribution in [3.63, 3.8) is 0 Å². The van der Waals surface area contributed by atoms with E-state index in [0.717, 1.165) is 0 Å². The fraction of sp³-hybridized carbons (Fsp3) is 0.111. The Balaban J connectivity index is 1.80. The Labute approximate surface area is 150 Å². The zero-order valence-corrected chi connectivity index (χ0v) is 14.1. The maximum absolute atomic E-state index is 11.7. The maximum atomic E-state index is 11.7. The number of anilines is 1. The van der Waals surface area contributed by atoms with E-state index in [-0.39, 0.29) is 18.1 Å². The highest BCUT2D eigenvalue weighted by atomic mass is 16.6. The standard InChI is InChI=1S/C18H18N4O4/c1-26-17-10-3-2-9-16(17)19-13-18(23)21-20-11-5-7-14-6-4-8-15(12-14)22(24)25/h2-12,19H,13H2,1H3,(H,21,23)/b7-5+,20-11-. The van der Waals surface area contributed by atoms with E-state index in [1.54, 1.807) is 43.5 Å². The highest BCUT2D eigenvalue weighted by Crippen LogP contribution is 2.22. The highest BCUT2D eigenvalue weighted by Gasteiger charge is 2.04. The molecule has 8 heteroatoms. The molecule has 0 aliphatic heterocycles.